The van der Waals surface area contributed by atoms with Crippen LogP contribution in [-0.2, 0) is 30.3 Å². The number of methoxy groups -OCH3 is 2. The lowest BCUT2D eigenvalue weighted by molar-refractivity contribution is -0.153. The normalized spacial score (nSPS) is 13.2. The number of hydrogen-bond acceptors (Lipinski definition) is 6. The molecule has 2 unspecified atom stereocenters. The van der Waals surface area contributed by atoms with Gasteiger partial charge in [0, 0.05) is 13.7 Å². The average Bonchev–Trinajstić information content (AvgIpc) is 2.63. The van der Waals surface area contributed by atoms with Crippen LogP contribution in [-0.4, -0.2) is 61.4 Å². The van der Waals surface area contributed by atoms with Crippen LogP contribution in [0.25, 0.3) is 0 Å². The van der Waals surface area contributed by atoms with Crippen molar-refractivity contribution in [2.45, 2.75) is 51.9 Å². The van der Waals surface area contributed by atoms with Crippen molar-refractivity contribution in [3.05, 3.63) is 35.9 Å². The first-order valence-corrected chi connectivity index (χ1v) is 8.99. The molecule has 0 aromatic heterocycles. The molecule has 156 valence electrons. The quantitative estimate of drug-likeness (QED) is 0.679. The van der Waals surface area contributed by atoms with E-state index >= 15 is 0 Å². The molecule has 0 fully saturated rings. The van der Waals surface area contributed by atoms with Gasteiger partial charge in [-0.25, -0.2) is 9.59 Å². The van der Waals surface area contributed by atoms with Crippen LogP contribution < -0.4 is 5.32 Å². The molecule has 0 spiro atoms. The lowest BCUT2D eigenvalue weighted by Crippen LogP contribution is -2.55. The average molecular weight is 394 g/mol. The molecule has 0 aliphatic carbocycles. The van der Waals surface area contributed by atoms with Gasteiger partial charge < -0.3 is 24.4 Å². The Kier molecular flexibility index (Phi) is 8.91. The fourth-order valence-electron chi connectivity index (χ4n) is 2.47. The maximum absolute atomic E-state index is 13.2. The van der Waals surface area contributed by atoms with E-state index in [0.29, 0.717) is 0 Å². The smallest absolute Gasteiger partial charge is 0.408 e. The fourth-order valence-corrected chi connectivity index (χ4v) is 2.47. The third-order valence-corrected chi connectivity index (χ3v) is 3.81. The van der Waals surface area contributed by atoms with Gasteiger partial charge in [0.15, 0.2) is 0 Å². The predicted molar refractivity (Wildman–Crippen MR) is 104 cm³/mol. The molecule has 1 N–H and O–H groups in total. The zero-order valence-electron chi connectivity index (χ0n) is 17.4. The Labute approximate surface area is 166 Å². The highest BCUT2D eigenvalue weighted by Gasteiger charge is 2.33. The van der Waals surface area contributed by atoms with Gasteiger partial charge in [-0.15, -0.1) is 0 Å². The molecule has 2 amide bonds. The SMILES string of the molecule is COCC(NC(=O)OC(C)(C)C)C(=O)N(Cc1ccccc1)C(C)C(=O)OC. The van der Waals surface area contributed by atoms with Crippen molar-refractivity contribution in [1.29, 1.82) is 0 Å². The summed E-state index contributed by atoms with van der Waals surface area (Å²) in [5, 5.41) is 2.52. The van der Waals surface area contributed by atoms with Gasteiger partial charge >= 0.3 is 12.1 Å². The molecule has 0 radical (unpaired) electrons. The molecule has 0 heterocycles. The number of nitrogens with zero attached hydrogens (tertiary/aromatic N) is 1. The van der Waals surface area contributed by atoms with E-state index < -0.39 is 35.7 Å². The van der Waals surface area contributed by atoms with Crippen molar-refractivity contribution in [3.63, 3.8) is 0 Å². The minimum absolute atomic E-state index is 0.0722. The molecule has 8 nitrogen and oxygen atoms in total. The first-order chi connectivity index (χ1) is 13.1. The van der Waals surface area contributed by atoms with E-state index in [2.05, 4.69) is 5.32 Å². The first kappa shape index (κ1) is 23.4. The van der Waals surface area contributed by atoms with E-state index in [1.807, 2.05) is 30.3 Å². The fraction of sp³-hybridized carbons (Fsp3) is 0.550. The molecule has 8 heteroatoms. The van der Waals surface area contributed by atoms with Crippen molar-refractivity contribution < 1.29 is 28.6 Å². The van der Waals surface area contributed by atoms with Gasteiger partial charge in [0.05, 0.1) is 13.7 Å². The summed E-state index contributed by atoms with van der Waals surface area (Å²) in [6, 6.07) is 7.36. The zero-order valence-corrected chi connectivity index (χ0v) is 17.4. The lowest BCUT2D eigenvalue weighted by Gasteiger charge is -2.31. The Hall–Kier alpha value is -2.61. The Morgan fingerprint density at radius 2 is 1.71 bits per heavy atom. The number of carbonyl (C=O) groups is 3. The highest BCUT2D eigenvalue weighted by molar-refractivity contribution is 5.89. The van der Waals surface area contributed by atoms with Crippen molar-refractivity contribution in [1.82, 2.24) is 10.2 Å². The van der Waals surface area contributed by atoms with E-state index in [9.17, 15) is 14.4 Å². The minimum Gasteiger partial charge on any atom is -0.467 e. The number of benzene rings is 1. The van der Waals surface area contributed by atoms with Crippen molar-refractivity contribution in [2.24, 2.45) is 0 Å². The van der Waals surface area contributed by atoms with Crippen molar-refractivity contribution in [3.8, 4) is 0 Å². The second kappa shape index (κ2) is 10.7. The molecular formula is C20H30N2O6. The van der Waals surface area contributed by atoms with Crippen LogP contribution in [0.5, 0.6) is 0 Å². The second-order valence-corrected chi connectivity index (χ2v) is 7.31. The first-order valence-electron chi connectivity index (χ1n) is 8.99. The number of amides is 2. The van der Waals surface area contributed by atoms with E-state index in [4.69, 9.17) is 14.2 Å². The van der Waals surface area contributed by atoms with Gasteiger partial charge in [0.25, 0.3) is 0 Å². The van der Waals surface area contributed by atoms with Crippen molar-refractivity contribution in [2.75, 3.05) is 20.8 Å². The van der Waals surface area contributed by atoms with Crippen molar-refractivity contribution >= 4 is 18.0 Å². The maximum Gasteiger partial charge on any atom is 0.408 e. The summed E-state index contributed by atoms with van der Waals surface area (Å²) in [4.78, 5) is 38.7. The second-order valence-electron chi connectivity index (χ2n) is 7.31. The molecule has 0 aliphatic heterocycles. The summed E-state index contributed by atoms with van der Waals surface area (Å²) < 4.78 is 15.1. The van der Waals surface area contributed by atoms with Gasteiger partial charge in [-0.1, -0.05) is 30.3 Å². The van der Waals surface area contributed by atoms with Gasteiger partial charge in [0.1, 0.15) is 17.7 Å². The number of alkyl carbamates (subject to hydrolysis) is 1. The minimum atomic E-state index is -1.02. The summed E-state index contributed by atoms with van der Waals surface area (Å²) >= 11 is 0. The van der Waals surface area contributed by atoms with E-state index in [1.165, 1.54) is 19.1 Å². The van der Waals surface area contributed by atoms with Crippen LogP contribution in [0.1, 0.15) is 33.3 Å². The molecular weight excluding hydrogens is 364 g/mol. The monoisotopic (exact) mass is 394 g/mol. The van der Waals surface area contributed by atoms with Crippen LogP contribution in [0.4, 0.5) is 4.79 Å². The molecule has 2 atom stereocenters. The van der Waals surface area contributed by atoms with Gasteiger partial charge in [-0.2, -0.15) is 0 Å². The Morgan fingerprint density at radius 3 is 2.21 bits per heavy atom. The van der Waals surface area contributed by atoms with E-state index in [-0.39, 0.29) is 13.2 Å². The van der Waals surface area contributed by atoms with Crippen LogP contribution in [0.15, 0.2) is 30.3 Å². The molecule has 0 aliphatic rings. The van der Waals surface area contributed by atoms with Crippen LogP contribution in [0.3, 0.4) is 0 Å². The largest absolute Gasteiger partial charge is 0.467 e. The topological polar surface area (TPSA) is 94.2 Å². The molecule has 1 aromatic rings. The third-order valence-electron chi connectivity index (χ3n) is 3.81. The highest BCUT2D eigenvalue weighted by Crippen LogP contribution is 2.13. The molecule has 1 rings (SSSR count). The number of esters is 1. The third kappa shape index (κ3) is 7.56. The highest BCUT2D eigenvalue weighted by atomic mass is 16.6. The summed E-state index contributed by atoms with van der Waals surface area (Å²) in [5.41, 5.74) is 0.119. The number of carbonyl (C=O) groups excluding carboxylic acids is 3. The lowest BCUT2D eigenvalue weighted by atomic mass is 10.1. The van der Waals surface area contributed by atoms with Gasteiger partial charge in [-0.05, 0) is 33.3 Å². The standard InChI is InChI=1S/C20H30N2O6/c1-14(18(24)27-6)22(12-15-10-8-7-9-11-15)17(23)16(13-26-5)21-19(25)28-20(2,3)4/h7-11,14,16H,12-13H2,1-6H3,(H,21,25). The zero-order chi connectivity index (χ0) is 21.3. The summed E-state index contributed by atoms with van der Waals surface area (Å²) in [6.07, 6.45) is -0.742. The Morgan fingerprint density at radius 1 is 1.11 bits per heavy atom. The van der Waals surface area contributed by atoms with E-state index in [0.717, 1.165) is 5.56 Å². The van der Waals surface area contributed by atoms with Crippen LogP contribution >= 0.6 is 0 Å². The Bertz CT molecular complexity index is 656. The molecule has 28 heavy (non-hydrogen) atoms. The predicted octanol–water partition coefficient (Wildman–Crippen LogP) is 2.12. The Balaban J connectivity index is 3.07. The maximum atomic E-state index is 13.2. The molecule has 0 saturated heterocycles. The molecule has 0 bridgehead atoms. The summed E-state index contributed by atoms with van der Waals surface area (Å²) in [7, 11) is 2.68. The number of ether oxygens (including phenoxy) is 3. The molecule has 0 saturated carbocycles. The summed E-state index contributed by atoms with van der Waals surface area (Å²) in [6.45, 7) is 6.84. The van der Waals surface area contributed by atoms with Crippen LogP contribution in [0.2, 0.25) is 0 Å². The number of rotatable bonds is 8. The van der Waals surface area contributed by atoms with E-state index in [1.54, 1.807) is 27.7 Å². The van der Waals surface area contributed by atoms with Gasteiger partial charge in [-0.3, -0.25) is 4.79 Å². The molecule has 1 aromatic carbocycles. The van der Waals surface area contributed by atoms with Gasteiger partial charge in [0.2, 0.25) is 5.91 Å². The number of nitrogens with one attached hydrogen (secondary N) is 1. The summed E-state index contributed by atoms with van der Waals surface area (Å²) in [5.74, 6) is -1.04. The van der Waals surface area contributed by atoms with Crippen LogP contribution in [0, 0.1) is 0 Å². The number of hydrogen-bond donors (Lipinski definition) is 1.